The number of nitrogens with two attached hydrogens (primary N) is 1. The minimum atomic E-state index is 0.438. The summed E-state index contributed by atoms with van der Waals surface area (Å²) >= 11 is 13.3. The Bertz CT molecular complexity index is 735. The van der Waals surface area contributed by atoms with Gasteiger partial charge in [-0.05, 0) is 18.2 Å². The zero-order chi connectivity index (χ0) is 14.1. The molecule has 3 rings (SSSR count). The van der Waals surface area contributed by atoms with Gasteiger partial charge in [-0.1, -0.05) is 28.4 Å². The third-order valence-electron chi connectivity index (χ3n) is 2.49. The smallest absolute Gasteiger partial charge is 0.233 e. The van der Waals surface area contributed by atoms with Crippen LogP contribution >= 0.6 is 34.5 Å². The first-order chi connectivity index (χ1) is 9.60. The number of anilines is 1. The highest BCUT2D eigenvalue weighted by atomic mass is 35.5. The van der Waals surface area contributed by atoms with Crippen molar-refractivity contribution in [1.82, 2.24) is 15.1 Å². The zero-order valence-electron chi connectivity index (χ0n) is 10.0. The molecule has 0 saturated heterocycles. The molecule has 3 aromatic rings. The molecular weight excluding hydrogens is 319 g/mol. The van der Waals surface area contributed by atoms with Gasteiger partial charge in [0.2, 0.25) is 11.7 Å². The van der Waals surface area contributed by atoms with Crippen LogP contribution in [0.4, 0.5) is 5.13 Å². The second-order valence-electron chi connectivity index (χ2n) is 4.02. The summed E-state index contributed by atoms with van der Waals surface area (Å²) in [5, 5.41) is 7.32. The topological polar surface area (TPSA) is 77.8 Å². The second kappa shape index (κ2) is 5.40. The third-order valence-corrected chi connectivity index (χ3v) is 3.65. The van der Waals surface area contributed by atoms with Crippen LogP contribution < -0.4 is 5.73 Å². The van der Waals surface area contributed by atoms with E-state index in [-0.39, 0.29) is 0 Å². The molecule has 0 saturated carbocycles. The quantitative estimate of drug-likeness (QED) is 0.794. The number of aromatic nitrogens is 3. The van der Waals surface area contributed by atoms with Crippen molar-refractivity contribution in [3.05, 3.63) is 45.2 Å². The average molecular weight is 327 g/mol. The summed E-state index contributed by atoms with van der Waals surface area (Å²) in [5.74, 6) is 0.897. The molecule has 20 heavy (non-hydrogen) atoms. The van der Waals surface area contributed by atoms with Gasteiger partial charge in [0.05, 0.1) is 12.1 Å². The third kappa shape index (κ3) is 2.92. The molecule has 0 fully saturated rings. The molecule has 8 heteroatoms. The second-order valence-corrected chi connectivity index (χ2v) is 5.79. The summed E-state index contributed by atoms with van der Waals surface area (Å²) in [5.41, 5.74) is 7.08. The van der Waals surface area contributed by atoms with Gasteiger partial charge in [-0.15, -0.1) is 11.3 Å². The monoisotopic (exact) mass is 326 g/mol. The van der Waals surface area contributed by atoms with E-state index in [0.717, 1.165) is 5.69 Å². The lowest BCUT2D eigenvalue weighted by atomic mass is 10.2. The minimum Gasteiger partial charge on any atom is -0.375 e. The molecule has 2 aromatic heterocycles. The lowest BCUT2D eigenvalue weighted by Gasteiger charge is -1.97. The highest BCUT2D eigenvalue weighted by Gasteiger charge is 2.12. The van der Waals surface area contributed by atoms with Crippen molar-refractivity contribution in [3.8, 4) is 11.4 Å². The molecule has 102 valence electrons. The maximum atomic E-state index is 5.95. The van der Waals surface area contributed by atoms with Gasteiger partial charge in [-0.2, -0.15) is 4.98 Å². The van der Waals surface area contributed by atoms with Gasteiger partial charge in [-0.25, -0.2) is 4.98 Å². The summed E-state index contributed by atoms with van der Waals surface area (Å²) in [6.45, 7) is 0. The Morgan fingerprint density at radius 3 is 2.55 bits per heavy atom. The first kappa shape index (κ1) is 13.4. The Morgan fingerprint density at radius 1 is 1.15 bits per heavy atom. The molecule has 5 nitrogen and oxygen atoms in total. The number of hydrogen-bond acceptors (Lipinski definition) is 6. The van der Waals surface area contributed by atoms with E-state index >= 15 is 0 Å². The van der Waals surface area contributed by atoms with Crippen LogP contribution in [-0.4, -0.2) is 15.1 Å². The van der Waals surface area contributed by atoms with E-state index in [2.05, 4.69) is 15.1 Å². The highest BCUT2D eigenvalue weighted by Crippen LogP contribution is 2.25. The van der Waals surface area contributed by atoms with E-state index in [1.165, 1.54) is 11.3 Å². The van der Waals surface area contributed by atoms with Crippen molar-refractivity contribution >= 4 is 39.7 Å². The van der Waals surface area contributed by atoms with Crippen LogP contribution in [0.2, 0.25) is 10.0 Å². The normalized spacial score (nSPS) is 10.9. The molecule has 0 aliphatic heterocycles. The Morgan fingerprint density at radius 2 is 1.90 bits per heavy atom. The standard InChI is InChI=1S/C12H8Cl2N4OS/c13-7-1-6(2-8(14)3-7)11-17-10(19-18-11)4-9-5-20-12(15)16-9/h1-3,5H,4H2,(H2,15,16). The summed E-state index contributed by atoms with van der Waals surface area (Å²) in [4.78, 5) is 8.44. The summed E-state index contributed by atoms with van der Waals surface area (Å²) < 4.78 is 5.19. The maximum Gasteiger partial charge on any atom is 0.233 e. The number of hydrogen-bond donors (Lipinski definition) is 1. The minimum absolute atomic E-state index is 0.438. The predicted molar refractivity (Wildman–Crippen MR) is 79.1 cm³/mol. The van der Waals surface area contributed by atoms with Gasteiger partial charge in [0.1, 0.15) is 0 Å². The van der Waals surface area contributed by atoms with Crippen molar-refractivity contribution in [2.45, 2.75) is 6.42 Å². The molecule has 0 radical (unpaired) electrons. The molecule has 0 aliphatic rings. The molecule has 0 unspecified atom stereocenters. The fraction of sp³-hybridized carbons (Fsp3) is 0.0833. The van der Waals surface area contributed by atoms with Crippen LogP contribution in [-0.2, 0) is 6.42 Å². The van der Waals surface area contributed by atoms with Crippen LogP contribution in [0.5, 0.6) is 0 Å². The predicted octanol–water partition coefficient (Wildman–Crippen LogP) is 3.67. The number of nitrogens with zero attached hydrogens (tertiary/aromatic N) is 3. The van der Waals surface area contributed by atoms with E-state index < -0.39 is 0 Å². The largest absolute Gasteiger partial charge is 0.375 e. The first-order valence-electron chi connectivity index (χ1n) is 5.59. The van der Waals surface area contributed by atoms with Gasteiger partial charge in [0.25, 0.3) is 0 Å². The van der Waals surface area contributed by atoms with Gasteiger partial charge < -0.3 is 10.3 Å². The summed E-state index contributed by atoms with van der Waals surface area (Å²) in [6, 6.07) is 5.09. The Balaban J connectivity index is 1.86. The van der Waals surface area contributed by atoms with Crippen LogP contribution in [0.25, 0.3) is 11.4 Å². The number of benzene rings is 1. The van der Waals surface area contributed by atoms with Crippen molar-refractivity contribution < 1.29 is 4.52 Å². The molecule has 2 heterocycles. The molecule has 0 bridgehead atoms. The average Bonchev–Trinajstić information content (AvgIpc) is 2.98. The Labute approximate surface area is 128 Å². The van der Waals surface area contributed by atoms with Crippen LogP contribution in [0.1, 0.15) is 11.6 Å². The van der Waals surface area contributed by atoms with Crippen LogP contribution in [0.3, 0.4) is 0 Å². The highest BCUT2D eigenvalue weighted by molar-refractivity contribution is 7.13. The number of nitrogen functional groups attached to an aromatic ring is 1. The molecule has 0 atom stereocenters. The molecular formula is C12H8Cl2N4OS. The SMILES string of the molecule is Nc1nc(Cc2nc(-c3cc(Cl)cc(Cl)c3)no2)cs1. The summed E-state index contributed by atoms with van der Waals surface area (Å²) in [7, 11) is 0. The summed E-state index contributed by atoms with van der Waals surface area (Å²) in [6.07, 6.45) is 0.439. The van der Waals surface area contributed by atoms with Gasteiger partial charge in [0.15, 0.2) is 5.13 Å². The van der Waals surface area contributed by atoms with Crippen molar-refractivity contribution in [2.75, 3.05) is 5.73 Å². The molecule has 1 aromatic carbocycles. The fourth-order valence-corrected chi connectivity index (χ4v) is 2.77. The molecule has 0 spiro atoms. The van der Waals surface area contributed by atoms with E-state index in [9.17, 15) is 0 Å². The molecule has 0 aliphatic carbocycles. The number of thiazole rings is 1. The van der Waals surface area contributed by atoms with Crippen molar-refractivity contribution in [1.29, 1.82) is 0 Å². The Hall–Kier alpha value is -1.63. The maximum absolute atomic E-state index is 5.95. The van der Waals surface area contributed by atoms with Crippen molar-refractivity contribution in [3.63, 3.8) is 0 Å². The van der Waals surface area contributed by atoms with Gasteiger partial charge in [-0.3, -0.25) is 0 Å². The lowest BCUT2D eigenvalue weighted by Crippen LogP contribution is -1.90. The van der Waals surface area contributed by atoms with E-state index in [1.54, 1.807) is 18.2 Å². The van der Waals surface area contributed by atoms with Crippen LogP contribution in [0, 0.1) is 0 Å². The van der Waals surface area contributed by atoms with E-state index in [4.69, 9.17) is 33.5 Å². The lowest BCUT2D eigenvalue weighted by molar-refractivity contribution is 0.385. The zero-order valence-corrected chi connectivity index (χ0v) is 12.3. The van der Waals surface area contributed by atoms with Crippen molar-refractivity contribution in [2.24, 2.45) is 0 Å². The number of rotatable bonds is 3. The number of halogens is 2. The van der Waals surface area contributed by atoms with Gasteiger partial charge >= 0.3 is 0 Å². The Kier molecular flexibility index (Phi) is 3.60. The fourth-order valence-electron chi connectivity index (χ4n) is 1.69. The van der Waals surface area contributed by atoms with Gasteiger partial charge in [0, 0.05) is 21.0 Å². The van der Waals surface area contributed by atoms with E-state index in [0.29, 0.717) is 38.9 Å². The molecule has 0 amide bonds. The molecule has 2 N–H and O–H groups in total. The van der Waals surface area contributed by atoms with E-state index in [1.807, 2.05) is 5.38 Å². The van der Waals surface area contributed by atoms with Crippen LogP contribution in [0.15, 0.2) is 28.1 Å². The first-order valence-corrected chi connectivity index (χ1v) is 7.22.